The molecule has 1 rings (SSSR count). The maximum absolute atomic E-state index is 12.1. The van der Waals surface area contributed by atoms with Gasteiger partial charge in [0.1, 0.15) is 6.04 Å². The van der Waals surface area contributed by atoms with Crippen LogP contribution in [-0.4, -0.2) is 59.6 Å². The van der Waals surface area contributed by atoms with Gasteiger partial charge in [0.15, 0.2) is 0 Å². The Kier molecular flexibility index (Phi) is 4.11. The van der Waals surface area contributed by atoms with Gasteiger partial charge in [-0.3, -0.25) is 9.69 Å². The number of hydrogen-bond acceptors (Lipinski definition) is 3. The van der Waals surface area contributed by atoms with E-state index in [1.165, 1.54) is 0 Å². The first-order chi connectivity index (χ1) is 6.97. The van der Waals surface area contributed by atoms with Gasteiger partial charge in [-0.05, 0) is 26.8 Å². The highest BCUT2D eigenvalue weighted by atomic mass is 16.3. The predicted octanol–water partition coefficient (Wildman–Crippen LogP) is 0.166. The first kappa shape index (κ1) is 12.5. The molecule has 0 saturated carbocycles. The second-order valence-electron chi connectivity index (χ2n) is 4.83. The maximum Gasteiger partial charge on any atom is 0.242 e. The normalized spacial score (nSPS) is 29.7. The van der Waals surface area contributed by atoms with E-state index in [-0.39, 0.29) is 24.6 Å². The Hall–Kier alpha value is -0.610. The van der Waals surface area contributed by atoms with Gasteiger partial charge in [0.05, 0.1) is 6.61 Å². The molecule has 4 nitrogen and oxygen atoms in total. The van der Waals surface area contributed by atoms with Crippen LogP contribution in [-0.2, 0) is 4.79 Å². The second-order valence-corrected chi connectivity index (χ2v) is 4.83. The van der Waals surface area contributed by atoms with E-state index < -0.39 is 0 Å². The summed E-state index contributed by atoms with van der Waals surface area (Å²) in [5.41, 5.74) is 0. The highest BCUT2D eigenvalue weighted by Gasteiger charge is 2.33. The summed E-state index contributed by atoms with van der Waals surface area (Å²) < 4.78 is 0. The number of nitrogens with zero attached hydrogens (tertiary/aromatic N) is 2. The van der Waals surface area contributed by atoms with Gasteiger partial charge in [-0.2, -0.15) is 0 Å². The first-order valence-electron chi connectivity index (χ1n) is 5.59. The maximum atomic E-state index is 12.1. The van der Waals surface area contributed by atoms with Crippen molar-refractivity contribution in [2.24, 2.45) is 5.92 Å². The number of carbonyl (C=O) groups excluding carboxylic acids is 1. The summed E-state index contributed by atoms with van der Waals surface area (Å²) >= 11 is 0. The van der Waals surface area contributed by atoms with Crippen molar-refractivity contribution in [3.8, 4) is 0 Å². The van der Waals surface area contributed by atoms with Gasteiger partial charge in [0.2, 0.25) is 5.91 Å². The zero-order chi connectivity index (χ0) is 11.6. The molecular formula is C11H22N2O2. The van der Waals surface area contributed by atoms with Gasteiger partial charge in [0.25, 0.3) is 0 Å². The quantitative estimate of drug-likeness (QED) is 0.712. The molecule has 0 aliphatic carbocycles. The SMILES string of the molecule is CC1CN(C)C(CO)C(=O)N(C(C)C)C1. The summed E-state index contributed by atoms with van der Waals surface area (Å²) in [4.78, 5) is 15.9. The highest BCUT2D eigenvalue weighted by molar-refractivity contribution is 5.82. The standard InChI is InChI=1S/C11H22N2O2/c1-8(2)13-6-9(3)5-12(4)10(7-14)11(13)15/h8-10,14H,5-7H2,1-4H3. The van der Waals surface area contributed by atoms with Crippen LogP contribution in [0, 0.1) is 5.92 Å². The van der Waals surface area contributed by atoms with E-state index in [9.17, 15) is 9.90 Å². The molecule has 0 aromatic rings. The van der Waals surface area contributed by atoms with Gasteiger partial charge >= 0.3 is 0 Å². The number of likely N-dealkylation sites (N-methyl/N-ethyl adjacent to an activating group) is 1. The average Bonchev–Trinajstić information content (AvgIpc) is 2.23. The molecule has 1 amide bonds. The minimum absolute atomic E-state index is 0.0550. The van der Waals surface area contributed by atoms with Crippen LogP contribution >= 0.6 is 0 Å². The summed E-state index contributed by atoms with van der Waals surface area (Å²) in [5.74, 6) is 0.511. The fourth-order valence-corrected chi connectivity index (χ4v) is 2.17. The van der Waals surface area contributed by atoms with Crippen LogP contribution in [0.4, 0.5) is 0 Å². The molecule has 0 spiro atoms. The topological polar surface area (TPSA) is 43.8 Å². The third-order valence-electron chi connectivity index (χ3n) is 3.00. The third-order valence-corrected chi connectivity index (χ3v) is 3.00. The van der Waals surface area contributed by atoms with Crippen LogP contribution in [0.2, 0.25) is 0 Å². The van der Waals surface area contributed by atoms with E-state index >= 15 is 0 Å². The lowest BCUT2D eigenvalue weighted by molar-refractivity contribution is -0.138. The van der Waals surface area contributed by atoms with Gasteiger partial charge < -0.3 is 10.0 Å². The molecule has 88 valence electrons. The number of amides is 1. The molecule has 1 N–H and O–H groups in total. The molecule has 0 aromatic heterocycles. The fraction of sp³-hybridized carbons (Fsp3) is 0.909. The first-order valence-corrected chi connectivity index (χ1v) is 5.59. The smallest absolute Gasteiger partial charge is 0.242 e. The van der Waals surface area contributed by atoms with Crippen molar-refractivity contribution in [1.82, 2.24) is 9.80 Å². The van der Waals surface area contributed by atoms with E-state index in [0.29, 0.717) is 5.92 Å². The molecule has 1 aliphatic heterocycles. The molecule has 1 saturated heterocycles. The van der Waals surface area contributed by atoms with Crippen molar-refractivity contribution in [1.29, 1.82) is 0 Å². The number of carbonyl (C=O) groups is 1. The minimum Gasteiger partial charge on any atom is -0.394 e. The lowest BCUT2D eigenvalue weighted by Crippen LogP contribution is -2.48. The Balaban J connectivity index is 2.87. The van der Waals surface area contributed by atoms with Crippen molar-refractivity contribution >= 4 is 5.91 Å². The van der Waals surface area contributed by atoms with Crippen LogP contribution in [0.1, 0.15) is 20.8 Å². The molecule has 0 radical (unpaired) electrons. The molecule has 0 bridgehead atoms. The van der Waals surface area contributed by atoms with Crippen molar-refractivity contribution in [3.05, 3.63) is 0 Å². The zero-order valence-electron chi connectivity index (χ0n) is 10.1. The van der Waals surface area contributed by atoms with Crippen molar-refractivity contribution < 1.29 is 9.90 Å². The van der Waals surface area contributed by atoms with E-state index in [2.05, 4.69) is 6.92 Å². The van der Waals surface area contributed by atoms with Crippen LogP contribution < -0.4 is 0 Å². The van der Waals surface area contributed by atoms with E-state index in [1.807, 2.05) is 30.7 Å². The lowest BCUT2D eigenvalue weighted by atomic mass is 10.1. The molecule has 4 heteroatoms. The summed E-state index contributed by atoms with van der Waals surface area (Å²) in [5, 5.41) is 9.25. The number of hydrogen-bond donors (Lipinski definition) is 1. The highest BCUT2D eigenvalue weighted by Crippen LogP contribution is 2.15. The average molecular weight is 214 g/mol. The summed E-state index contributed by atoms with van der Waals surface area (Å²) in [6.07, 6.45) is 0. The number of aliphatic hydroxyl groups is 1. The number of aliphatic hydroxyl groups excluding tert-OH is 1. The van der Waals surface area contributed by atoms with Crippen molar-refractivity contribution in [3.63, 3.8) is 0 Å². The zero-order valence-corrected chi connectivity index (χ0v) is 10.1. The number of rotatable bonds is 2. The summed E-state index contributed by atoms with van der Waals surface area (Å²) in [6.45, 7) is 7.73. The van der Waals surface area contributed by atoms with Gasteiger partial charge in [0, 0.05) is 19.1 Å². The Morgan fingerprint density at radius 1 is 1.47 bits per heavy atom. The van der Waals surface area contributed by atoms with E-state index in [0.717, 1.165) is 13.1 Å². The second kappa shape index (κ2) is 4.94. The Bertz CT molecular complexity index is 231. The molecular weight excluding hydrogens is 192 g/mol. The Labute approximate surface area is 91.9 Å². The summed E-state index contributed by atoms with van der Waals surface area (Å²) in [6, 6.07) is -0.155. The molecule has 2 unspecified atom stereocenters. The Morgan fingerprint density at radius 3 is 2.53 bits per heavy atom. The van der Waals surface area contributed by atoms with Crippen LogP contribution in [0.15, 0.2) is 0 Å². The lowest BCUT2D eigenvalue weighted by Gasteiger charge is -2.29. The molecule has 1 heterocycles. The Morgan fingerprint density at radius 2 is 2.07 bits per heavy atom. The molecule has 1 fully saturated rings. The van der Waals surface area contributed by atoms with Crippen LogP contribution in [0.25, 0.3) is 0 Å². The molecule has 1 aliphatic rings. The van der Waals surface area contributed by atoms with Gasteiger partial charge in [-0.15, -0.1) is 0 Å². The van der Waals surface area contributed by atoms with Crippen molar-refractivity contribution in [2.45, 2.75) is 32.9 Å². The fourth-order valence-electron chi connectivity index (χ4n) is 2.17. The van der Waals surface area contributed by atoms with E-state index in [1.54, 1.807) is 0 Å². The van der Waals surface area contributed by atoms with Crippen LogP contribution in [0.3, 0.4) is 0 Å². The molecule has 2 atom stereocenters. The van der Waals surface area contributed by atoms with Crippen LogP contribution in [0.5, 0.6) is 0 Å². The summed E-state index contributed by atoms with van der Waals surface area (Å²) in [7, 11) is 1.90. The minimum atomic E-state index is -0.364. The van der Waals surface area contributed by atoms with Gasteiger partial charge in [-0.25, -0.2) is 0 Å². The largest absolute Gasteiger partial charge is 0.394 e. The molecule has 15 heavy (non-hydrogen) atoms. The molecule has 0 aromatic carbocycles. The monoisotopic (exact) mass is 214 g/mol. The third kappa shape index (κ3) is 2.69. The van der Waals surface area contributed by atoms with Crippen molar-refractivity contribution in [2.75, 3.05) is 26.7 Å². The predicted molar refractivity (Wildman–Crippen MR) is 59.5 cm³/mol. The van der Waals surface area contributed by atoms with E-state index in [4.69, 9.17) is 0 Å². The van der Waals surface area contributed by atoms with Gasteiger partial charge in [-0.1, -0.05) is 6.92 Å².